The van der Waals surface area contributed by atoms with Crippen LogP contribution in [0, 0.1) is 31.0 Å². The molecule has 0 atom stereocenters. The summed E-state index contributed by atoms with van der Waals surface area (Å²) in [5, 5.41) is 9.30. The first kappa shape index (κ1) is 21.1. The summed E-state index contributed by atoms with van der Waals surface area (Å²) < 4.78 is 25.6. The van der Waals surface area contributed by atoms with Gasteiger partial charge in [0.05, 0.1) is 12.2 Å². The Balaban J connectivity index is 2.12. The third-order valence-electron chi connectivity index (χ3n) is 4.28. The van der Waals surface area contributed by atoms with Crippen molar-refractivity contribution in [2.24, 2.45) is 0 Å². The molecule has 0 unspecified atom stereocenters. The molecule has 0 aliphatic carbocycles. The lowest BCUT2D eigenvalue weighted by atomic mass is 10.1. The normalized spacial score (nSPS) is 11.2. The summed E-state index contributed by atoms with van der Waals surface area (Å²) in [4.78, 5) is 24.2. The van der Waals surface area contributed by atoms with Gasteiger partial charge in [-0.15, -0.1) is 0 Å². The summed E-state index contributed by atoms with van der Waals surface area (Å²) >= 11 is 0. The molecule has 146 valence electrons. The third-order valence-corrected chi connectivity index (χ3v) is 4.28. The Labute approximate surface area is 162 Å². The van der Waals surface area contributed by atoms with Crippen LogP contribution in [0.25, 0.3) is 6.08 Å². The maximum absolute atomic E-state index is 13.6. The predicted octanol–water partition coefficient (Wildman–Crippen LogP) is 3.22. The van der Waals surface area contributed by atoms with Gasteiger partial charge in [0, 0.05) is 25.0 Å². The second-order valence-corrected chi connectivity index (χ2v) is 6.12. The van der Waals surface area contributed by atoms with Crippen LogP contribution in [0.4, 0.5) is 4.39 Å². The molecule has 0 fully saturated rings. The number of carbonyl (C=O) groups excluding carboxylic acids is 2. The Bertz CT molecular complexity index is 954. The van der Waals surface area contributed by atoms with E-state index in [9.17, 15) is 19.2 Å². The molecular formula is C21H21FN2O4. The zero-order valence-electron chi connectivity index (χ0n) is 16.0. The fraction of sp³-hybridized carbons (Fsp3) is 0.286. The number of rotatable bonds is 8. The highest BCUT2D eigenvalue weighted by atomic mass is 19.1. The van der Waals surface area contributed by atoms with Crippen LogP contribution in [-0.4, -0.2) is 36.6 Å². The van der Waals surface area contributed by atoms with Crippen molar-refractivity contribution in [2.45, 2.75) is 20.4 Å². The number of methoxy groups -OCH3 is 1. The predicted molar refractivity (Wildman–Crippen MR) is 101 cm³/mol. The fourth-order valence-electron chi connectivity index (χ4n) is 2.77. The highest BCUT2D eigenvalue weighted by Crippen LogP contribution is 2.19. The minimum Gasteiger partial charge on any atom is -0.453 e. The Morgan fingerprint density at radius 2 is 2.00 bits per heavy atom. The summed E-state index contributed by atoms with van der Waals surface area (Å²) in [6, 6.07) is 9.06. The summed E-state index contributed by atoms with van der Waals surface area (Å²) in [6.45, 7) is 4.32. The van der Waals surface area contributed by atoms with Crippen molar-refractivity contribution in [3.63, 3.8) is 0 Å². The summed E-state index contributed by atoms with van der Waals surface area (Å²) in [7, 11) is 1.61. The Morgan fingerprint density at radius 1 is 1.29 bits per heavy atom. The van der Waals surface area contributed by atoms with Gasteiger partial charge in [-0.1, -0.05) is 12.1 Å². The lowest BCUT2D eigenvalue weighted by Crippen LogP contribution is -2.16. The van der Waals surface area contributed by atoms with Crippen molar-refractivity contribution < 1.29 is 23.5 Å². The van der Waals surface area contributed by atoms with Crippen molar-refractivity contribution in [3.05, 3.63) is 64.2 Å². The van der Waals surface area contributed by atoms with Crippen LogP contribution in [-0.2, 0) is 20.8 Å². The maximum Gasteiger partial charge on any atom is 0.349 e. The second-order valence-electron chi connectivity index (χ2n) is 6.12. The number of Topliss-reactive ketones (excluding diaryl/α,β-unsaturated/α-hetero) is 1. The Hall–Kier alpha value is -3.24. The molecule has 0 saturated heterocycles. The molecule has 1 aromatic carbocycles. The molecule has 0 bridgehead atoms. The number of benzene rings is 1. The molecular weight excluding hydrogens is 363 g/mol. The minimum atomic E-state index is -0.936. The maximum atomic E-state index is 13.6. The van der Waals surface area contributed by atoms with Crippen molar-refractivity contribution in [1.29, 1.82) is 5.26 Å². The number of aryl methyl sites for hydroxylation is 1. The summed E-state index contributed by atoms with van der Waals surface area (Å²) in [6.07, 6.45) is 1.42. The highest BCUT2D eigenvalue weighted by molar-refractivity contribution is 6.02. The topological polar surface area (TPSA) is 81.3 Å². The summed E-state index contributed by atoms with van der Waals surface area (Å²) in [5.41, 5.74) is 2.12. The van der Waals surface area contributed by atoms with Gasteiger partial charge in [-0.3, -0.25) is 4.79 Å². The van der Waals surface area contributed by atoms with Gasteiger partial charge in [0.25, 0.3) is 0 Å². The van der Waals surface area contributed by atoms with Crippen molar-refractivity contribution in [2.75, 3.05) is 20.3 Å². The number of halogens is 1. The lowest BCUT2D eigenvalue weighted by Gasteiger charge is -2.08. The standard InChI is InChI=1S/C21H21FN2O4/c1-14-10-16(15(2)24(14)8-9-27-3)11-17(12-23)21(26)28-13-20(25)18-6-4-5-7-19(18)22/h4-7,10-11H,8-9,13H2,1-3H3/b17-11+. The number of aromatic nitrogens is 1. The molecule has 2 aromatic rings. The number of hydrogen-bond donors (Lipinski definition) is 0. The van der Waals surface area contributed by atoms with Gasteiger partial charge in [-0.25, -0.2) is 9.18 Å². The molecule has 7 heteroatoms. The molecule has 0 amide bonds. The molecule has 2 rings (SSSR count). The van der Waals surface area contributed by atoms with Gasteiger partial charge in [-0.05, 0) is 43.7 Å². The van der Waals surface area contributed by atoms with E-state index in [0.717, 1.165) is 17.5 Å². The highest BCUT2D eigenvalue weighted by Gasteiger charge is 2.17. The fourth-order valence-corrected chi connectivity index (χ4v) is 2.77. The molecule has 28 heavy (non-hydrogen) atoms. The average molecular weight is 384 g/mol. The number of nitriles is 1. The first-order valence-electron chi connectivity index (χ1n) is 8.61. The largest absolute Gasteiger partial charge is 0.453 e. The summed E-state index contributed by atoms with van der Waals surface area (Å²) in [5.74, 6) is -2.31. The minimum absolute atomic E-state index is 0.167. The van der Waals surface area contributed by atoms with E-state index in [1.165, 1.54) is 24.3 Å². The van der Waals surface area contributed by atoms with Crippen molar-refractivity contribution >= 4 is 17.8 Å². The molecule has 0 aliphatic heterocycles. The van der Waals surface area contributed by atoms with Gasteiger partial charge in [-0.2, -0.15) is 5.26 Å². The number of esters is 1. The Kier molecular flexibility index (Phi) is 7.24. The SMILES string of the molecule is COCCn1c(C)cc(/C=C(\C#N)C(=O)OCC(=O)c2ccccc2F)c1C. The molecule has 0 spiro atoms. The average Bonchev–Trinajstić information content (AvgIpc) is 2.95. The number of nitrogens with zero attached hydrogens (tertiary/aromatic N) is 2. The van der Waals surface area contributed by atoms with Crippen LogP contribution in [0.5, 0.6) is 0 Å². The molecule has 6 nitrogen and oxygen atoms in total. The van der Waals surface area contributed by atoms with E-state index in [4.69, 9.17) is 9.47 Å². The van der Waals surface area contributed by atoms with Gasteiger partial charge >= 0.3 is 5.97 Å². The van der Waals surface area contributed by atoms with Crippen LogP contribution in [0.3, 0.4) is 0 Å². The first-order chi connectivity index (χ1) is 13.4. The second kappa shape index (κ2) is 9.62. The third kappa shape index (κ3) is 4.93. The number of carbonyl (C=O) groups is 2. The smallest absolute Gasteiger partial charge is 0.349 e. The monoisotopic (exact) mass is 384 g/mol. The van der Waals surface area contributed by atoms with E-state index in [-0.39, 0.29) is 11.1 Å². The zero-order valence-corrected chi connectivity index (χ0v) is 16.0. The van der Waals surface area contributed by atoms with E-state index < -0.39 is 24.2 Å². The van der Waals surface area contributed by atoms with Gasteiger partial charge in [0.2, 0.25) is 5.78 Å². The van der Waals surface area contributed by atoms with E-state index >= 15 is 0 Å². The lowest BCUT2D eigenvalue weighted by molar-refractivity contribution is -0.137. The van der Waals surface area contributed by atoms with E-state index in [0.29, 0.717) is 18.7 Å². The first-order valence-corrected chi connectivity index (χ1v) is 8.61. The van der Waals surface area contributed by atoms with Crippen LogP contribution in [0.1, 0.15) is 27.3 Å². The number of ether oxygens (including phenoxy) is 2. The molecule has 0 aliphatic rings. The van der Waals surface area contributed by atoms with Crippen LogP contribution in [0.2, 0.25) is 0 Å². The van der Waals surface area contributed by atoms with E-state index in [1.807, 2.05) is 24.5 Å². The van der Waals surface area contributed by atoms with Crippen molar-refractivity contribution in [3.8, 4) is 6.07 Å². The molecule has 0 saturated carbocycles. The van der Waals surface area contributed by atoms with Gasteiger partial charge < -0.3 is 14.0 Å². The molecule has 0 N–H and O–H groups in total. The van der Waals surface area contributed by atoms with Crippen LogP contribution >= 0.6 is 0 Å². The van der Waals surface area contributed by atoms with Crippen molar-refractivity contribution in [1.82, 2.24) is 4.57 Å². The number of hydrogen-bond acceptors (Lipinski definition) is 5. The quantitative estimate of drug-likeness (QED) is 0.302. The zero-order chi connectivity index (χ0) is 20.7. The molecule has 1 aromatic heterocycles. The van der Waals surface area contributed by atoms with Crippen LogP contribution in [0.15, 0.2) is 35.9 Å². The number of ketones is 1. The molecule has 1 heterocycles. The van der Waals surface area contributed by atoms with Gasteiger partial charge in [0.1, 0.15) is 17.5 Å². The van der Waals surface area contributed by atoms with E-state index in [1.54, 1.807) is 13.2 Å². The van der Waals surface area contributed by atoms with Gasteiger partial charge in [0.15, 0.2) is 6.61 Å². The van der Waals surface area contributed by atoms with Crippen LogP contribution < -0.4 is 0 Å². The molecule has 0 radical (unpaired) electrons. The van der Waals surface area contributed by atoms with E-state index in [2.05, 4.69) is 0 Å². The Morgan fingerprint density at radius 3 is 2.64 bits per heavy atom.